The van der Waals surface area contributed by atoms with Crippen LogP contribution in [0.2, 0.25) is 0 Å². The number of hydrogen-bond donors (Lipinski definition) is 2. The SMILES string of the molecule is CN1CCn2nc(NC(=O)NCc3ccccc3C(F)(F)F)cc2C1. The van der Waals surface area contributed by atoms with Crippen LogP contribution in [0, 0.1) is 0 Å². The van der Waals surface area contributed by atoms with E-state index in [1.54, 1.807) is 6.07 Å². The van der Waals surface area contributed by atoms with Crippen LogP contribution in [0.1, 0.15) is 16.8 Å². The van der Waals surface area contributed by atoms with E-state index in [0.29, 0.717) is 5.82 Å². The van der Waals surface area contributed by atoms with Crippen molar-refractivity contribution >= 4 is 11.8 Å². The lowest BCUT2D eigenvalue weighted by Gasteiger charge is -2.22. The van der Waals surface area contributed by atoms with Crippen LogP contribution in [-0.2, 0) is 25.8 Å². The molecule has 0 bridgehead atoms. The van der Waals surface area contributed by atoms with E-state index in [9.17, 15) is 18.0 Å². The summed E-state index contributed by atoms with van der Waals surface area (Å²) in [6.45, 7) is 2.11. The lowest BCUT2D eigenvalue weighted by Crippen LogP contribution is -2.30. The highest BCUT2D eigenvalue weighted by molar-refractivity contribution is 5.88. The number of rotatable bonds is 3. The van der Waals surface area contributed by atoms with Crippen LogP contribution in [0.4, 0.5) is 23.8 Å². The van der Waals surface area contributed by atoms with Crippen LogP contribution in [0.5, 0.6) is 0 Å². The number of carbonyl (C=O) groups excluding carboxylic acids is 1. The predicted molar refractivity (Wildman–Crippen MR) is 85.9 cm³/mol. The van der Waals surface area contributed by atoms with Gasteiger partial charge >= 0.3 is 12.2 Å². The average Bonchev–Trinajstić information content (AvgIpc) is 2.93. The smallest absolute Gasteiger partial charge is 0.334 e. The van der Waals surface area contributed by atoms with Gasteiger partial charge in [0, 0.05) is 25.7 Å². The Balaban J connectivity index is 1.61. The fourth-order valence-electron chi connectivity index (χ4n) is 2.75. The summed E-state index contributed by atoms with van der Waals surface area (Å²) in [7, 11) is 1.99. The minimum Gasteiger partial charge on any atom is -0.334 e. The molecule has 3 rings (SSSR count). The molecule has 0 spiro atoms. The van der Waals surface area contributed by atoms with Crippen LogP contribution in [-0.4, -0.2) is 34.3 Å². The molecule has 0 aliphatic carbocycles. The van der Waals surface area contributed by atoms with Gasteiger partial charge in [-0.25, -0.2) is 4.79 Å². The van der Waals surface area contributed by atoms with E-state index in [1.807, 2.05) is 11.7 Å². The molecule has 0 saturated heterocycles. The fourth-order valence-corrected chi connectivity index (χ4v) is 2.75. The number of carbonyl (C=O) groups is 1. The Hall–Kier alpha value is -2.55. The van der Waals surface area contributed by atoms with Gasteiger partial charge in [-0.05, 0) is 18.7 Å². The molecule has 2 N–H and O–H groups in total. The number of amides is 2. The predicted octanol–water partition coefficient (Wildman–Crippen LogP) is 2.67. The Morgan fingerprint density at radius 3 is 2.80 bits per heavy atom. The van der Waals surface area contributed by atoms with Crippen molar-refractivity contribution in [2.45, 2.75) is 25.8 Å². The summed E-state index contributed by atoms with van der Waals surface area (Å²) in [6, 6.07) is 6.33. The minimum atomic E-state index is -4.45. The van der Waals surface area contributed by atoms with Crippen molar-refractivity contribution in [2.24, 2.45) is 0 Å². The largest absolute Gasteiger partial charge is 0.416 e. The van der Waals surface area contributed by atoms with Crippen LogP contribution in [0.15, 0.2) is 30.3 Å². The molecule has 2 aromatic rings. The van der Waals surface area contributed by atoms with Crippen molar-refractivity contribution in [3.05, 3.63) is 47.2 Å². The molecule has 0 saturated carbocycles. The van der Waals surface area contributed by atoms with Gasteiger partial charge in [0.2, 0.25) is 0 Å². The number of nitrogens with one attached hydrogen (secondary N) is 2. The van der Waals surface area contributed by atoms with Gasteiger partial charge in [-0.15, -0.1) is 0 Å². The molecule has 1 aliphatic heterocycles. The van der Waals surface area contributed by atoms with E-state index in [4.69, 9.17) is 0 Å². The van der Waals surface area contributed by atoms with E-state index in [-0.39, 0.29) is 12.1 Å². The Morgan fingerprint density at radius 2 is 2.04 bits per heavy atom. The van der Waals surface area contributed by atoms with Crippen molar-refractivity contribution in [1.29, 1.82) is 0 Å². The maximum absolute atomic E-state index is 12.9. The lowest BCUT2D eigenvalue weighted by atomic mass is 10.1. The van der Waals surface area contributed by atoms with Gasteiger partial charge in [-0.1, -0.05) is 18.2 Å². The van der Waals surface area contributed by atoms with Gasteiger partial charge in [0.1, 0.15) is 0 Å². The van der Waals surface area contributed by atoms with Crippen molar-refractivity contribution in [3.63, 3.8) is 0 Å². The average molecular weight is 353 g/mol. The number of likely N-dealkylation sites (N-methyl/N-ethyl adjacent to an activating group) is 1. The molecule has 1 aromatic carbocycles. The first-order chi connectivity index (χ1) is 11.8. The zero-order chi connectivity index (χ0) is 18.0. The van der Waals surface area contributed by atoms with E-state index in [2.05, 4.69) is 20.6 Å². The van der Waals surface area contributed by atoms with Gasteiger partial charge < -0.3 is 5.32 Å². The van der Waals surface area contributed by atoms with E-state index >= 15 is 0 Å². The fraction of sp³-hybridized carbons (Fsp3) is 0.375. The number of anilines is 1. The number of nitrogens with zero attached hydrogens (tertiary/aromatic N) is 3. The Bertz CT molecular complexity index is 771. The normalized spacial score (nSPS) is 14.9. The van der Waals surface area contributed by atoms with E-state index in [0.717, 1.165) is 31.4 Å². The number of benzene rings is 1. The number of hydrogen-bond acceptors (Lipinski definition) is 3. The summed E-state index contributed by atoms with van der Waals surface area (Å²) in [5, 5.41) is 9.28. The molecule has 0 unspecified atom stereocenters. The number of fused-ring (bicyclic) bond motifs is 1. The summed E-state index contributed by atoms with van der Waals surface area (Å²) < 4.78 is 40.6. The number of alkyl halides is 3. The quantitative estimate of drug-likeness (QED) is 0.892. The van der Waals surface area contributed by atoms with Gasteiger partial charge in [-0.3, -0.25) is 14.9 Å². The summed E-state index contributed by atoms with van der Waals surface area (Å²) in [5.41, 5.74) is 0.234. The van der Waals surface area contributed by atoms with Crippen LogP contribution >= 0.6 is 0 Å². The third-order valence-corrected chi connectivity index (χ3v) is 3.99. The van der Waals surface area contributed by atoms with Crippen molar-refractivity contribution in [1.82, 2.24) is 20.0 Å². The molecule has 9 heteroatoms. The first kappa shape index (κ1) is 17.3. The highest BCUT2D eigenvalue weighted by atomic mass is 19.4. The molecule has 1 aromatic heterocycles. The number of urea groups is 1. The lowest BCUT2D eigenvalue weighted by molar-refractivity contribution is -0.138. The molecule has 6 nitrogen and oxygen atoms in total. The van der Waals surface area contributed by atoms with Crippen molar-refractivity contribution in [2.75, 3.05) is 18.9 Å². The van der Waals surface area contributed by atoms with E-state index < -0.39 is 17.8 Å². The van der Waals surface area contributed by atoms with E-state index in [1.165, 1.54) is 18.2 Å². The van der Waals surface area contributed by atoms with Gasteiger partial charge in [0.05, 0.1) is 17.8 Å². The molecule has 2 amide bonds. The maximum Gasteiger partial charge on any atom is 0.416 e. The summed E-state index contributed by atoms with van der Waals surface area (Å²) in [5.74, 6) is 0.381. The molecule has 25 heavy (non-hydrogen) atoms. The maximum atomic E-state index is 12.9. The third-order valence-electron chi connectivity index (χ3n) is 3.99. The topological polar surface area (TPSA) is 62.2 Å². The van der Waals surface area contributed by atoms with Crippen LogP contribution in [0.3, 0.4) is 0 Å². The first-order valence-corrected chi connectivity index (χ1v) is 7.78. The third kappa shape index (κ3) is 4.11. The Morgan fingerprint density at radius 1 is 1.28 bits per heavy atom. The van der Waals surface area contributed by atoms with Gasteiger partial charge in [0.15, 0.2) is 5.82 Å². The monoisotopic (exact) mass is 353 g/mol. The molecule has 0 radical (unpaired) electrons. The zero-order valence-electron chi connectivity index (χ0n) is 13.6. The molecule has 1 aliphatic rings. The Kier molecular flexibility index (Phi) is 4.67. The minimum absolute atomic E-state index is 0.0101. The second kappa shape index (κ2) is 6.75. The molecular formula is C16H18F3N5O. The van der Waals surface area contributed by atoms with Gasteiger partial charge in [-0.2, -0.15) is 18.3 Å². The molecular weight excluding hydrogens is 335 g/mol. The Labute approximate surface area is 142 Å². The molecule has 0 fully saturated rings. The second-order valence-electron chi connectivity index (χ2n) is 5.94. The standard InChI is InChI=1S/C16H18F3N5O/c1-23-6-7-24-12(10-23)8-14(22-24)21-15(25)20-9-11-4-2-3-5-13(11)16(17,18)19/h2-5,8H,6-7,9-10H2,1H3,(H2,20,21,22,25). The zero-order valence-corrected chi connectivity index (χ0v) is 13.6. The first-order valence-electron chi connectivity index (χ1n) is 7.78. The number of aromatic nitrogens is 2. The van der Waals surface area contributed by atoms with Gasteiger partial charge in [0.25, 0.3) is 0 Å². The number of halogens is 3. The highest BCUT2D eigenvalue weighted by Gasteiger charge is 2.32. The summed E-state index contributed by atoms with van der Waals surface area (Å²) in [4.78, 5) is 14.1. The van der Waals surface area contributed by atoms with Crippen LogP contribution < -0.4 is 10.6 Å². The molecule has 2 heterocycles. The highest BCUT2D eigenvalue weighted by Crippen LogP contribution is 2.31. The second-order valence-corrected chi connectivity index (χ2v) is 5.94. The summed E-state index contributed by atoms with van der Waals surface area (Å²) >= 11 is 0. The van der Waals surface area contributed by atoms with Crippen molar-refractivity contribution in [3.8, 4) is 0 Å². The van der Waals surface area contributed by atoms with Crippen LogP contribution in [0.25, 0.3) is 0 Å². The van der Waals surface area contributed by atoms with Crippen molar-refractivity contribution < 1.29 is 18.0 Å². The molecule has 0 atom stereocenters. The molecule has 134 valence electrons. The summed E-state index contributed by atoms with van der Waals surface area (Å²) in [6.07, 6.45) is -4.45.